The minimum absolute atomic E-state index is 0.0454. The smallest absolute Gasteiger partial charge is 0.319 e. The molecular formula is C33H31ClF3N7O2. The molecule has 4 heterocycles. The van der Waals surface area contributed by atoms with Gasteiger partial charge in [-0.15, -0.1) is 0 Å². The third-order valence-electron chi connectivity index (χ3n) is 8.75. The number of ether oxygens (including phenoxy) is 1. The van der Waals surface area contributed by atoms with Crippen molar-refractivity contribution in [1.29, 1.82) is 5.26 Å². The van der Waals surface area contributed by atoms with Gasteiger partial charge in [0.1, 0.15) is 29.5 Å². The number of pyridine rings is 1. The number of anilines is 1. The van der Waals surface area contributed by atoms with Gasteiger partial charge in [-0.05, 0) is 37.4 Å². The number of amides is 1. The van der Waals surface area contributed by atoms with Gasteiger partial charge >= 0.3 is 6.01 Å². The summed E-state index contributed by atoms with van der Waals surface area (Å²) in [6, 6.07) is 9.38. The van der Waals surface area contributed by atoms with E-state index in [-0.39, 0.29) is 59.7 Å². The molecule has 46 heavy (non-hydrogen) atoms. The fourth-order valence-electron chi connectivity index (χ4n) is 6.44. The van der Waals surface area contributed by atoms with E-state index in [4.69, 9.17) is 16.3 Å². The Kier molecular flexibility index (Phi) is 8.97. The van der Waals surface area contributed by atoms with Crippen LogP contribution in [0.15, 0.2) is 48.9 Å². The van der Waals surface area contributed by atoms with E-state index in [0.29, 0.717) is 28.8 Å². The highest BCUT2D eigenvalue weighted by atomic mass is 35.5. The van der Waals surface area contributed by atoms with Crippen molar-refractivity contribution < 1.29 is 22.7 Å². The van der Waals surface area contributed by atoms with Crippen molar-refractivity contribution in [2.45, 2.75) is 38.3 Å². The lowest BCUT2D eigenvalue weighted by Crippen LogP contribution is -2.55. The molecule has 2 aliphatic rings. The monoisotopic (exact) mass is 649 g/mol. The number of nitriles is 1. The molecule has 0 bridgehead atoms. The fourth-order valence-corrected chi connectivity index (χ4v) is 6.72. The highest BCUT2D eigenvalue weighted by molar-refractivity contribution is 6.36. The van der Waals surface area contributed by atoms with Crippen LogP contribution in [0.25, 0.3) is 32.9 Å². The molecule has 4 aromatic rings. The Labute approximate surface area is 268 Å². The average molecular weight is 650 g/mol. The third kappa shape index (κ3) is 5.81. The molecular weight excluding hydrogens is 619 g/mol. The van der Waals surface area contributed by atoms with Crippen molar-refractivity contribution in [3.8, 4) is 23.3 Å². The molecule has 0 saturated carbocycles. The second kappa shape index (κ2) is 13.1. The molecule has 2 aromatic carbocycles. The van der Waals surface area contributed by atoms with Crippen LogP contribution in [-0.2, 0) is 4.79 Å². The zero-order chi connectivity index (χ0) is 32.5. The van der Waals surface area contributed by atoms with Crippen molar-refractivity contribution in [3.63, 3.8) is 0 Å². The summed E-state index contributed by atoms with van der Waals surface area (Å²) in [5.74, 6) is -3.10. The molecule has 0 N–H and O–H groups in total. The summed E-state index contributed by atoms with van der Waals surface area (Å²) < 4.78 is 51.1. The summed E-state index contributed by atoms with van der Waals surface area (Å²) >= 11 is 6.36. The molecule has 0 unspecified atom stereocenters. The van der Waals surface area contributed by atoms with Crippen LogP contribution in [0.1, 0.15) is 26.2 Å². The maximum Gasteiger partial charge on any atom is 0.319 e. The predicted molar refractivity (Wildman–Crippen MR) is 169 cm³/mol. The number of hydrogen-bond acceptors (Lipinski definition) is 8. The number of piperazine rings is 1. The SMILES string of the molecule is C=C(F)C(=O)N1CCN(c2nc(OC[C@@H]3CCCN3CC)nc3c(F)c(-c4cccc5ccc(F)c(Cl)c45)ncc23)C[C@@H]1CC#N. The normalized spacial score (nSPS) is 18.7. The molecule has 0 aliphatic carbocycles. The highest BCUT2D eigenvalue weighted by Gasteiger charge is 2.34. The average Bonchev–Trinajstić information content (AvgIpc) is 3.53. The number of halogens is 4. The number of carbonyl (C=O) groups excluding carboxylic acids is 1. The van der Waals surface area contributed by atoms with Gasteiger partial charge in [0.2, 0.25) is 0 Å². The van der Waals surface area contributed by atoms with E-state index < -0.39 is 29.4 Å². The first-order valence-corrected chi connectivity index (χ1v) is 15.5. The fraction of sp³-hybridized carbons (Fsp3) is 0.364. The number of rotatable bonds is 8. The van der Waals surface area contributed by atoms with Gasteiger partial charge in [0.25, 0.3) is 5.91 Å². The molecule has 1 amide bonds. The van der Waals surface area contributed by atoms with Crippen LogP contribution < -0.4 is 9.64 Å². The van der Waals surface area contributed by atoms with Crippen LogP contribution in [0, 0.1) is 23.0 Å². The number of fused-ring (bicyclic) bond motifs is 2. The topological polar surface area (TPSA) is 98.5 Å². The standard InChI is InChI=1S/C33H31ClF3N7O2/c1-3-42-13-5-7-22(42)18-46-33-40-30-24(31(41-33)43-14-15-44(32(45)19(2)35)21(17-43)11-12-38)16-39-29(28(30)37)23-8-4-6-20-9-10-25(36)27(34)26(20)23/h4,6,8-10,16,21-22H,2-3,5,7,11,13-15,17-18H2,1H3/t21-,22-/m0/s1. The number of likely N-dealkylation sites (N-methyl/N-ethyl adjacent to an activating group) is 1. The van der Waals surface area contributed by atoms with Gasteiger partial charge in [-0.1, -0.05) is 49.4 Å². The van der Waals surface area contributed by atoms with Crippen molar-refractivity contribution in [2.75, 3.05) is 44.2 Å². The van der Waals surface area contributed by atoms with E-state index in [1.165, 1.54) is 17.2 Å². The Hall–Kier alpha value is -4.47. The van der Waals surface area contributed by atoms with Crippen LogP contribution in [-0.4, -0.2) is 82.1 Å². The molecule has 6 rings (SSSR count). The van der Waals surface area contributed by atoms with Gasteiger partial charge in [0.05, 0.1) is 28.9 Å². The molecule has 2 saturated heterocycles. The molecule has 13 heteroatoms. The molecule has 2 aromatic heterocycles. The van der Waals surface area contributed by atoms with Crippen LogP contribution in [0.3, 0.4) is 0 Å². The summed E-state index contributed by atoms with van der Waals surface area (Å²) in [7, 11) is 0. The van der Waals surface area contributed by atoms with Crippen LogP contribution in [0.2, 0.25) is 5.02 Å². The Morgan fingerprint density at radius 1 is 1.17 bits per heavy atom. The van der Waals surface area contributed by atoms with Gasteiger partial charge in [0.15, 0.2) is 11.6 Å². The zero-order valence-corrected chi connectivity index (χ0v) is 25.9. The second-order valence-corrected chi connectivity index (χ2v) is 11.8. The van der Waals surface area contributed by atoms with E-state index in [1.54, 1.807) is 29.2 Å². The number of hydrogen-bond donors (Lipinski definition) is 0. The molecule has 9 nitrogen and oxygen atoms in total. The maximum atomic E-state index is 16.6. The zero-order valence-electron chi connectivity index (χ0n) is 25.1. The number of benzene rings is 2. The van der Waals surface area contributed by atoms with Crippen molar-refractivity contribution in [1.82, 2.24) is 24.8 Å². The summed E-state index contributed by atoms with van der Waals surface area (Å²) in [5.41, 5.74) is 0.149. The molecule has 0 radical (unpaired) electrons. The van der Waals surface area contributed by atoms with Crippen molar-refractivity contribution >= 4 is 45.0 Å². The molecule has 0 spiro atoms. The first kappa shape index (κ1) is 31.5. The maximum absolute atomic E-state index is 16.6. The quantitative estimate of drug-likeness (QED) is 0.213. The molecule has 238 valence electrons. The predicted octanol–water partition coefficient (Wildman–Crippen LogP) is 6.05. The van der Waals surface area contributed by atoms with Crippen molar-refractivity contribution in [2.24, 2.45) is 0 Å². The van der Waals surface area contributed by atoms with E-state index in [2.05, 4.69) is 39.4 Å². The third-order valence-corrected chi connectivity index (χ3v) is 9.12. The van der Waals surface area contributed by atoms with Crippen molar-refractivity contribution in [3.05, 3.63) is 65.6 Å². The number of likely N-dealkylation sites (tertiary alicyclic amines) is 1. The number of carbonyl (C=O) groups is 1. The minimum Gasteiger partial charge on any atom is -0.462 e. The van der Waals surface area contributed by atoms with Gasteiger partial charge in [0, 0.05) is 42.8 Å². The number of aromatic nitrogens is 3. The molecule has 2 fully saturated rings. The summed E-state index contributed by atoms with van der Waals surface area (Å²) in [4.78, 5) is 31.5. The Bertz CT molecular complexity index is 1880. The van der Waals surface area contributed by atoms with Crippen LogP contribution in [0.4, 0.5) is 19.0 Å². The summed E-state index contributed by atoms with van der Waals surface area (Å²) in [6.45, 7) is 7.73. The lowest BCUT2D eigenvalue weighted by Gasteiger charge is -2.41. The molecule has 2 aliphatic heterocycles. The largest absolute Gasteiger partial charge is 0.462 e. The van der Waals surface area contributed by atoms with E-state index in [9.17, 15) is 18.8 Å². The Morgan fingerprint density at radius 2 is 2.00 bits per heavy atom. The second-order valence-electron chi connectivity index (χ2n) is 11.4. The minimum atomic E-state index is -1.11. The Balaban J connectivity index is 1.46. The highest BCUT2D eigenvalue weighted by Crippen LogP contribution is 2.38. The van der Waals surface area contributed by atoms with Crippen LogP contribution >= 0.6 is 11.6 Å². The van der Waals surface area contributed by atoms with Crippen LogP contribution in [0.5, 0.6) is 6.01 Å². The lowest BCUT2D eigenvalue weighted by atomic mass is 10.0. The molecule has 2 atom stereocenters. The van der Waals surface area contributed by atoms with Gasteiger partial charge in [-0.3, -0.25) is 14.7 Å². The number of nitrogens with zero attached hydrogens (tertiary/aromatic N) is 7. The van der Waals surface area contributed by atoms with Gasteiger partial charge < -0.3 is 14.5 Å². The van der Waals surface area contributed by atoms with E-state index >= 15 is 4.39 Å². The van der Waals surface area contributed by atoms with E-state index in [0.717, 1.165) is 25.9 Å². The van der Waals surface area contributed by atoms with Gasteiger partial charge in [-0.25, -0.2) is 13.2 Å². The first-order valence-electron chi connectivity index (χ1n) is 15.1. The first-order chi connectivity index (χ1) is 22.2. The van der Waals surface area contributed by atoms with E-state index in [1.807, 2.05) is 0 Å². The van der Waals surface area contributed by atoms with Gasteiger partial charge in [-0.2, -0.15) is 15.2 Å². The Morgan fingerprint density at radius 3 is 2.76 bits per heavy atom. The summed E-state index contributed by atoms with van der Waals surface area (Å²) in [6.07, 6.45) is 3.36. The summed E-state index contributed by atoms with van der Waals surface area (Å²) in [5, 5.41) is 10.5. The lowest BCUT2D eigenvalue weighted by molar-refractivity contribution is -0.131.